The smallest absolute Gasteiger partial charge is 0.265 e. The van der Waals surface area contributed by atoms with Crippen molar-refractivity contribution >= 4 is 23.2 Å². The van der Waals surface area contributed by atoms with Gasteiger partial charge in [0.1, 0.15) is 5.75 Å². The summed E-state index contributed by atoms with van der Waals surface area (Å²) in [6.07, 6.45) is 1.60. The fourth-order valence-electron chi connectivity index (χ4n) is 2.63. The van der Waals surface area contributed by atoms with Crippen LogP contribution in [0.1, 0.15) is 33.6 Å². The molecule has 2 rings (SSSR count). The standard InChI is InChI=1S/C18H24N2O3/c1-5-13(6-2)18(22)19-14-7-8-16-15(9-14)20(10-12(3)4)17(21)11-23-16/h7-9,13H,3,5-6,10-11H2,1-2,4H3,(H,19,22). The highest BCUT2D eigenvalue weighted by Gasteiger charge is 2.26. The molecule has 1 N–H and O–H groups in total. The number of fused-ring (bicyclic) bond motifs is 1. The van der Waals surface area contributed by atoms with Gasteiger partial charge in [-0.3, -0.25) is 9.59 Å². The fourth-order valence-corrected chi connectivity index (χ4v) is 2.63. The number of benzene rings is 1. The summed E-state index contributed by atoms with van der Waals surface area (Å²) in [4.78, 5) is 26.0. The number of carbonyl (C=O) groups excluding carboxylic acids is 2. The summed E-state index contributed by atoms with van der Waals surface area (Å²) in [6.45, 7) is 10.2. The Labute approximate surface area is 137 Å². The third kappa shape index (κ3) is 3.92. The highest BCUT2D eigenvalue weighted by molar-refractivity contribution is 6.00. The maximum atomic E-state index is 12.2. The maximum Gasteiger partial charge on any atom is 0.265 e. The predicted molar refractivity (Wildman–Crippen MR) is 91.8 cm³/mol. The van der Waals surface area contributed by atoms with Gasteiger partial charge in [0.2, 0.25) is 5.91 Å². The van der Waals surface area contributed by atoms with Gasteiger partial charge < -0.3 is 15.0 Å². The van der Waals surface area contributed by atoms with Gasteiger partial charge in [-0.05, 0) is 38.0 Å². The van der Waals surface area contributed by atoms with Crippen molar-refractivity contribution in [1.82, 2.24) is 0 Å². The first kappa shape index (κ1) is 17.1. The van der Waals surface area contributed by atoms with Crippen LogP contribution in [0.15, 0.2) is 30.4 Å². The molecule has 0 bridgehead atoms. The lowest BCUT2D eigenvalue weighted by Gasteiger charge is -2.30. The summed E-state index contributed by atoms with van der Waals surface area (Å²) < 4.78 is 5.46. The van der Waals surface area contributed by atoms with Gasteiger partial charge in [0.25, 0.3) is 5.91 Å². The number of anilines is 2. The molecule has 0 saturated heterocycles. The van der Waals surface area contributed by atoms with E-state index in [0.717, 1.165) is 18.4 Å². The average molecular weight is 316 g/mol. The van der Waals surface area contributed by atoms with Crippen LogP contribution in [0.2, 0.25) is 0 Å². The first-order valence-corrected chi connectivity index (χ1v) is 7.98. The largest absolute Gasteiger partial charge is 0.482 e. The van der Waals surface area contributed by atoms with Gasteiger partial charge in [0, 0.05) is 18.2 Å². The highest BCUT2D eigenvalue weighted by Crippen LogP contribution is 2.35. The molecule has 0 aromatic heterocycles. The molecule has 1 aliphatic rings. The molecular weight excluding hydrogens is 292 g/mol. The zero-order valence-corrected chi connectivity index (χ0v) is 14.0. The van der Waals surface area contributed by atoms with Crippen molar-refractivity contribution < 1.29 is 14.3 Å². The Kier molecular flexibility index (Phi) is 5.42. The third-order valence-corrected chi connectivity index (χ3v) is 3.95. The Hall–Kier alpha value is -2.30. The fraction of sp³-hybridized carbons (Fsp3) is 0.444. The molecule has 5 nitrogen and oxygen atoms in total. The third-order valence-electron chi connectivity index (χ3n) is 3.95. The van der Waals surface area contributed by atoms with Crippen molar-refractivity contribution in [3.8, 4) is 5.75 Å². The van der Waals surface area contributed by atoms with E-state index in [0.29, 0.717) is 23.7 Å². The SMILES string of the molecule is C=C(C)CN1C(=O)COc2ccc(NC(=O)C(CC)CC)cc21. The van der Waals surface area contributed by atoms with Crippen LogP contribution in [0.25, 0.3) is 0 Å². The Balaban J connectivity index is 2.26. The minimum Gasteiger partial charge on any atom is -0.482 e. The summed E-state index contributed by atoms with van der Waals surface area (Å²) in [6, 6.07) is 5.37. The quantitative estimate of drug-likeness (QED) is 0.819. The van der Waals surface area contributed by atoms with Crippen molar-refractivity contribution in [3.63, 3.8) is 0 Å². The van der Waals surface area contributed by atoms with E-state index < -0.39 is 0 Å². The van der Waals surface area contributed by atoms with Crippen LogP contribution in [-0.2, 0) is 9.59 Å². The zero-order valence-electron chi connectivity index (χ0n) is 14.0. The predicted octanol–water partition coefficient (Wildman–Crippen LogP) is 3.36. The summed E-state index contributed by atoms with van der Waals surface area (Å²) in [7, 11) is 0. The monoisotopic (exact) mass is 316 g/mol. The summed E-state index contributed by atoms with van der Waals surface area (Å²) >= 11 is 0. The summed E-state index contributed by atoms with van der Waals surface area (Å²) in [5, 5.41) is 2.93. The average Bonchev–Trinajstić information content (AvgIpc) is 2.51. The molecule has 0 radical (unpaired) electrons. The van der Waals surface area contributed by atoms with E-state index in [1.807, 2.05) is 20.8 Å². The van der Waals surface area contributed by atoms with E-state index in [4.69, 9.17) is 4.74 Å². The molecule has 5 heteroatoms. The minimum atomic E-state index is -0.107. The number of hydrogen-bond acceptors (Lipinski definition) is 3. The van der Waals surface area contributed by atoms with Gasteiger partial charge in [-0.1, -0.05) is 26.0 Å². The molecule has 1 heterocycles. The van der Waals surface area contributed by atoms with Gasteiger partial charge in [0.15, 0.2) is 6.61 Å². The van der Waals surface area contributed by atoms with Crippen molar-refractivity contribution in [2.75, 3.05) is 23.4 Å². The van der Waals surface area contributed by atoms with E-state index in [1.54, 1.807) is 23.1 Å². The Morgan fingerprint density at radius 1 is 1.39 bits per heavy atom. The number of nitrogens with one attached hydrogen (secondary N) is 1. The molecule has 124 valence electrons. The molecule has 1 aliphatic heterocycles. The van der Waals surface area contributed by atoms with Crippen LogP contribution in [-0.4, -0.2) is 25.0 Å². The van der Waals surface area contributed by atoms with Crippen LogP contribution in [0, 0.1) is 5.92 Å². The molecular formula is C18H24N2O3. The lowest BCUT2D eigenvalue weighted by atomic mass is 10.0. The molecule has 1 aromatic carbocycles. The van der Waals surface area contributed by atoms with Crippen LogP contribution in [0.3, 0.4) is 0 Å². The highest BCUT2D eigenvalue weighted by atomic mass is 16.5. The molecule has 0 saturated carbocycles. The van der Waals surface area contributed by atoms with E-state index >= 15 is 0 Å². The van der Waals surface area contributed by atoms with E-state index in [1.165, 1.54) is 0 Å². The van der Waals surface area contributed by atoms with Gasteiger partial charge in [0.05, 0.1) is 5.69 Å². The van der Waals surface area contributed by atoms with Gasteiger partial charge >= 0.3 is 0 Å². The number of amides is 2. The van der Waals surface area contributed by atoms with Gasteiger partial charge in [-0.15, -0.1) is 0 Å². The maximum absolute atomic E-state index is 12.2. The van der Waals surface area contributed by atoms with Crippen LogP contribution < -0.4 is 15.0 Å². The number of carbonyl (C=O) groups is 2. The minimum absolute atomic E-state index is 0.00413. The second kappa shape index (κ2) is 7.31. The number of nitrogens with zero attached hydrogens (tertiary/aromatic N) is 1. The van der Waals surface area contributed by atoms with E-state index in [2.05, 4.69) is 11.9 Å². The number of rotatable bonds is 6. The molecule has 23 heavy (non-hydrogen) atoms. The Morgan fingerprint density at radius 2 is 2.09 bits per heavy atom. The van der Waals surface area contributed by atoms with Crippen LogP contribution in [0.4, 0.5) is 11.4 Å². The molecule has 0 unspecified atom stereocenters. The molecule has 0 atom stereocenters. The van der Waals surface area contributed by atoms with Crippen molar-refractivity contribution in [2.24, 2.45) is 5.92 Å². The second-order valence-electron chi connectivity index (χ2n) is 5.91. The summed E-state index contributed by atoms with van der Waals surface area (Å²) in [5.41, 5.74) is 2.23. The topological polar surface area (TPSA) is 58.6 Å². The lowest BCUT2D eigenvalue weighted by molar-refractivity contribution is -0.121. The van der Waals surface area contributed by atoms with Crippen molar-refractivity contribution in [1.29, 1.82) is 0 Å². The van der Waals surface area contributed by atoms with Gasteiger partial charge in [-0.2, -0.15) is 0 Å². The number of ether oxygens (including phenoxy) is 1. The Morgan fingerprint density at radius 3 is 2.70 bits per heavy atom. The second-order valence-corrected chi connectivity index (χ2v) is 5.91. The van der Waals surface area contributed by atoms with Crippen LogP contribution >= 0.6 is 0 Å². The number of hydrogen-bond donors (Lipinski definition) is 1. The summed E-state index contributed by atoms with van der Waals surface area (Å²) in [5.74, 6) is 0.537. The molecule has 0 spiro atoms. The van der Waals surface area contributed by atoms with Gasteiger partial charge in [-0.25, -0.2) is 0 Å². The molecule has 1 aromatic rings. The first-order chi connectivity index (χ1) is 11.0. The van der Waals surface area contributed by atoms with Crippen LogP contribution in [0.5, 0.6) is 5.75 Å². The van der Waals surface area contributed by atoms with E-state index in [9.17, 15) is 9.59 Å². The zero-order chi connectivity index (χ0) is 17.0. The van der Waals surface area contributed by atoms with E-state index in [-0.39, 0.29) is 24.3 Å². The molecule has 0 fully saturated rings. The van der Waals surface area contributed by atoms with Crippen molar-refractivity contribution in [3.05, 3.63) is 30.4 Å². The molecule has 2 amide bonds. The first-order valence-electron chi connectivity index (χ1n) is 7.98. The Bertz CT molecular complexity index is 621. The molecule has 0 aliphatic carbocycles. The normalized spacial score (nSPS) is 13.6. The lowest BCUT2D eigenvalue weighted by Crippen LogP contribution is -2.39. The van der Waals surface area contributed by atoms with Crippen molar-refractivity contribution in [2.45, 2.75) is 33.6 Å².